The second-order valence-electron chi connectivity index (χ2n) is 4.82. The largest absolute Gasteiger partial charge is 0.334 e. The third kappa shape index (κ3) is 3.64. The van der Waals surface area contributed by atoms with Crippen molar-refractivity contribution in [3.8, 4) is 0 Å². The predicted molar refractivity (Wildman–Crippen MR) is 73.0 cm³/mol. The number of carbonyl (C=O) groups is 1. The molecule has 1 unspecified atom stereocenters. The Balaban J connectivity index is 2.04. The quantitative estimate of drug-likeness (QED) is 0.823. The van der Waals surface area contributed by atoms with Gasteiger partial charge in [-0.1, -0.05) is 18.2 Å². The topological polar surface area (TPSA) is 32.3 Å². The van der Waals surface area contributed by atoms with E-state index in [1.54, 1.807) is 23.1 Å². The van der Waals surface area contributed by atoms with E-state index in [4.69, 9.17) is 0 Å². The number of nitrogens with zero attached hydrogens (tertiary/aromatic N) is 1. The van der Waals surface area contributed by atoms with Crippen molar-refractivity contribution in [1.82, 2.24) is 10.2 Å². The van der Waals surface area contributed by atoms with E-state index in [1.165, 1.54) is 12.1 Å². The zero-order valence-corrected chi connectivity index (χ0v) is 10.9. The molecule has 2 rings (SSSR count). The van der Waals surface area contributed by atoms with Crippen molar-refractivity contribution in [1.29, 1.82) is 0 Å². The molecule has 1 N–H and O–H groups in total. The second kappa shape index (κ2) is 6.48. The molecule has 1 aromatic rings. The Morgan fingerprint density at radius 2 is 2.21 bits per heavy atom. The lowest BCUT2D eigenvalue weighted by Gasteiger charge is -2.24. The van der Waals surface area contributed by atoms with Gasteiger partial charge in [0.15, 0.2) is 0 Å². The number of hydrogen-bond acceptors (Lipinski definition) is 2. The number of benzene rings is 1. The SMILES string of the molecule is C=CCN(Cc1ccc(F)cc1)C(=O)C1CCNC1. The molecule has 1 atom stereocenters. The lowest BCUT2D eigenvalue weighted by atomic mass is 10.1. The third-order valence-electron chi connectivity index (χ3n) is 3.36. The maximum Gasteiger partial charge on any atom is 0.227 e. The Hall–Kier alpha value is -1.68. The zero-order chi connectivity index (χ0) is 13.7. The molecule has 1 saturated heterocycles. The van der Waals surface area contributed by atoms with Crippen molar-refractivity contribution in [2.75, 3.05) is 19.6 Å². The molecular weight excluding hydrogens is 243 g/mol. The normalized spacial score (nSPS) is 18.3. The van der Waals surface area contributed by atoms with Gasteiger partial charge in [0.2, 0.25) is 5.91 Å². The first kappa shape index (κ1) is 13.7. The average molecular weight is 262 g/mol. The highest BCUT2D eigenvalue weighted by Gasteiger charge is 2.26. The van der Waals surface area contributed by atoms with E-state index in [-0.39, 0.29) is 17.6 Å². The Labute approximate surface area is 113 Å². The summed E-state index contributed by atoms with van der Waals surface area (Å²) in [5.74, 6) is -0.0556. The lowest BCUT2D eigenvalue weighted by Crippen LogP contribution is -2.36. The molecule has 1 aliphatic rings. The van der Waals surface area contributed by atoms with Crippen molar-refractivity contribution >= 4 is 5.91 Å². The van der Waals surface area contributed by atoms with Crippen LogP contribution in [-0.2, 0) is 11.3 Å². The van der Waals surface area contributed by atoms with Gasteiger partial charge in [-0.2, -0.15) is 0 Å². The highest BCUT2D eigenvalue weighted by molar-refractivity contribution is 5.79. The van der Waals surface area contributed by atoms with Gasteiger partial charge < -0.3 is 10.2 Å². The first-order valence-electron chi connectivity index (χ1n) is 6.55. The molecule has 1 aromatic carbocycles. The summed E-state index contributed by atoms with van der Waals surface area (Å²) < 4.78 is 12.9. The van der Waals surface area contributed by atoms with Gasteiger partial charge in [-0.05, 0) is 30.7 Å². The van der Waals surface area contributed by atoms with Gasteiger partial charge in [0, 0.05) is 19.6 Å². The van der Waals surface area contributed by atoms with Gasteiger partial charge in [-0.3, -0.25) is 4.79 Å². The minimum absolute atomic E-state index is 0.0559. The zero-order valence-electron chi connectivity index (χ0n) is 10.9. The Bertz CT molecular complexity index is 438. The maximum absolute atomic E-state index is 12.9. The molecule has 102 valence electrons. The van der Waals surface area contributed by atoms with Gasteiger partial charge >= 0.3 is 0 Å². The summed E-state index contributed by atoms with van der Waals surface area (Å²) >= 11 is 0. The molecule has 0 aromatic heterocycles. The van der Waals surface area contributed by atoms with Gasteiger partial charge in [-0.25, -0.2) is 4.39 Å². The van der Waals surface area contributed by atoms with Crippen LogP contribution in [0.15, 0.2) is 36.9 Å². The van der Waals surface area contributed by atoms with Crippen LogP contribution in [0, 0.1) is 11.7 Å². The highest BCUT2D eigenvalue weighted by atomic mass is 19.1. The number of halogens is 1. The minimum atomic E-state index is -0.259. The monoisotopic (exact) mass is 262 g/mol. The van der Waals surface area contributed by atoms with Crippen LogP contribution in [-0.4, -0.2) is 30.4 Å². The number of rotatable bonds is 5. The van der Waals surface area contributed by atoms with E-state index in [1.807, 2.05) is 0 Å². The van der Waals surface area contributed by atoms with Crippen LogP contribution in [0.4, 0.5) is 4.39 Å². The molecule has 1 fully saturated rings. The van der Waals surface area contributed by atoms with Crippen molar-refractivity contribution < 1.29 is 9.18 Å². The summed E-state index contributed by atoms with van der Waals surface area (Å²) in [4.78, 5) is 14.1. The molecule has 0 saturated carbocycles. The van der Waals surface area contributed by atoms with E-state index in [0.29, 0.717) is 13.1 Å². The Morgan fingerprint density at radius 1 is 1.47 bits per heavy atom. The molecule has 4 heteroatoms. The number of hydrogen-bond donors (Lipinski definition) is 1. The molecule has 0 bridgehead atoms. The molecule has 0 spiro atoms. The molecule has 0 radical (unpaired) electrons. The summed E-state index contributed by atoms with van der Waals surface area (Å²) in [6, 6.07) is 6.27. The van der Waals surface area contributed by atoms with Crippen molar-refractivity contribution in [2.24, 2.45) is 5.92 Å². The van der Waals surface area contributed by atoms with Crippen molar-refractivity contribution in [2.45, 2.75) is 13.0 Å². The van der Waals surface area contributed by atoms with Gasteiger partial charge in [-0.15, -0.1) is 6.58 Å². The van der Waals surface area contributed by atoms with E-state index in [9.17, 15) is 9.18 Å². The maximum atomic E-state index is 12.9. The molecule has 1 amide bonds. The van der Waals surface area contributed by atoms with Crippen molar-refractivity contribution in [3.63, 3.8) is 0 Å². The summed E-state index contributed by atoms with van der Waals surface area (Å²) in [7, 11) is 0. The van der Waals surface area contributed by atoms with E-state index < -0.39 is 0 Å². The summed E-state index contributed by atoms with van der Waals surface area (Å²) in [5.41, 5.74) is 0.933. The molecular formula is C15H19FN2O. The smallest absolute Gasteiger partial charge is 0.227 e. The van der Waals surface area contributed by atoms with Crippen LogP contribution in [0.3, 0.4) is 0 Å². The summed E-state index contributed by atoms with van der Waals surface area (Å²) in [6.07, 6.45) is 2.61. The first-order chi connectivity index (χ1) is 9.20. The highest BCUT2D eigenvalue weighted by Crippen LogP contribution is 2.15. The molecule has 19 heavy (non-hydrogen) atoms. The fourth-order valence-electron chi connectivity index (χ4n) is 2.32. The van der Waals surface area contributed by atoms with Gasteiger partial charge in [0.1, 0.15) is 5.82 Å². The molecule has 1 aliphatic heterocycles. The third-order valence-corrected chi connectivity index (χ3v) is 3.36. The molecule has 1 heterocycles. The van der Waals surface area contributed by atoms with Crippen LogP contribution in [0.25, 0.3) is 0 Å². The van der Waals surface area contributed by atoms with Crippen LogP contribution < -0.4 is 5.32 Å². The Morgan fingerprint density at radius 3 is 2.79 bits per heavy atom. The van der Waals surface area contributed by atoms with Gasteiger partial charge in [0.05, 0.1) is 5.92 Å². The predicted octanol–water partition coefficient (Wildman–Crippen LogP) is 1.95. The number of amides is 1. The Kier molecular flexibility index (Phi) is 4.68. The molecule has 3 nitrogen and oxygen atoms in total. The standard InChI is InChI=1S/C15H19FN2O/c1-2-9-18(15(19)13-7-8-17-10-13)11-12-3-5-14(16)6-4-12/h2-6,13,17H,1,7-11H2. The lowest BCUT2D eigenvalue weighted by molar-refractivity contribution is -0.135. The fourth-order valence-corrected chi connectivity index (χ4v) is 2.32. The van der Waals surface area contributed by atoms with E-state index in [2.05, 4.69) is 11.9 Å². The van der Waals surface area contributed by atoms with Crippen LogP contribution >= 0.6 is 0 Å². The number of nitrogens with one attached hydrogen (secondary N) is 1. The summed E-state index contributed by atoms with van der Waals surface area (Å²) in [5, 5.41) is 3.20. The van der Waals surface area contributed by atoms with Crippen LogP contribution in [0.5, 0.6) is 0 Å². The minimum Gasteiger partial charge on any atom is -0.334 e. The second-order valence-corrected chi connectivity index (χ2v) is 4.82. The average Bonchev–Trinajstić information content (AvgIpc) is 2.94. The summed E-state index contributed by atoms with van der Waals surface area (Å²) in [6.45, 7) is 6.36. The van der Waals surface area contributed by atoms with Crippen LogP contribution in [0.2, 0.25) is 0 Å². The molecule has 0 aliphatic carbocycles. The fraction of sp³-hybridized carbons (Fsp3) is 0.400. The van der Waals surface area contributed by atoms with Crippen molar-refractivity contribution in [3.05, 3.63) is 48.3 Å². The van der Waals surface area contributed by atoms with E-state index >= 15 is 0 Å². The number of carbonyl (C=O) groups excluding carboxylic acids is 1. The van der Waals surface area contributed by atoms with Gasteiger partial charge in [0.25, 0.3) is 0 Å². The first-order valence-corrected chi connectivity index (χ1v) is 6.55. The van der Waals surface area contributed by atoms with E-state index in [0.717, 1.165) is 25.1 Å². The van der Waals surface area contributed by atoms with Crippen LogP contribution in [0.1, 0.15) is 12.0 Å².